The van der Waals surface area contributed by atoms with Gasteiger partial charge in [0, 0.05) is 13.1 Å². The number of carbonyl (C=O) groups excluding carboxylic acids is 2. The molecule has 122 valence electrons. The van der Waals surface area contributed by atoms with Crippen LogP contribution in [0.15, 0.2) is 29.3 Å². The molecule has 1 amide bonds. The molecule has 3 rings (SSSR count). The van der Waals surface area contributed by atoms with Crippen molar-refractivity contribution in [3.05, 3.63) is 41.9 Å². The second-order valence-corrected chi connectivity index (χ2v) is 5.36. The topological polar surface area (TPSA) is 77.6 Å². The summed E-state index contributed by atoms with van der Waals surface area (Å²) in [5, 5.41) is 0. The van der Waals surface area contributed by atoms with Crippen molar-refractivity contribution in [2.45, 2.75) is 32.9 Å². The van der Waals surface area contributed by atoms with E-state index in [0.29, 0.717) is 25.3 Å². The average molecular weight is 317 g/mol. The highest BCUT2D eigenvalue weighted by Gasteiger charge is 2.37. The van der Waals surface area contributed by atoms with Crippen molar-refractivity contribution in [2.75, 3.05) is 13.2 Å². The Bertz CT molecular complexity index is 705. The van der Waals surface area contributed by atoms with Crippen molar-refractivity contribution < 1.29 is 18.7 Å². The van der Waals surface area contributed by atoms with E-state index in [1.165, 1.54) is 12.5 Å². The van der Waals surface area contributed by atoms with E-state index in [0.717, 1.165) is 11.4 Å². The number of furan rings is 1. The zero-order valence-electron chi connectivity index (χ0n) is 13.2. The van der Waals surface area contributed by atoms with Gasteiger partial charge in [-0.1, -0.05) is 0 Å². The molecule has 1 aliphatic rings. The quantitative estimate of drug-likeness (QED) is 0.804. The van der Waals surface area contributed by atoms with Crippen LogP contribution in [0.25, 0.3) is 0 Å². The number of hydrogen-bond acceptors (Lipinski definition) is 5. The molecular weight excluding hydrogens is 298 g/mol. The molecule has 0 N–H and O–H groups in total. The standard InChI is InChI=1S/C16H19N3O4/c1-3-18-10-17-13-8-19(15(20)11-5-6-22-9-11)7-12(14(13)18)16(21)23-4-2/h5-6,9-10,12H,3-4,7-8H2,1-2H3/t12-/m0/s1. The minimum atomic E-state index is -0.517. The van der Waals surface area contributed by atoms with E-state index in [4.69, 9.17) is 9.15 Å². The number of amides is 1. The summed E-state index contributed by atoms with van der Waals surface area (Å²) < 4.78 is 12.1. The third-order valence-electron chi connectivity index (χ3n) is 4.00. The molecule has 0 aromatic carbocycles. The van der Waals surface area contributed by atoms with Crippen LogP contribution in [-0.4, -0.2) is 39.5 Å². The minimum Gasteiger partial charge on any atom is -0.472 e. The molecule has 3 heterocycles. The van der Waals surface area contributed by atoms with Gasteiger partial charge in [0.15, 0.2) is 0 Å². The number of esters is 1. The highest BCUT2D eigenvalue weighted by atomic mass is 16.5. The summed E-state index contributed by atoms with van der Waals surface area (Å²) >= 11 is 0. The molecule has 7 nitrogen and oxygen atoms in total. The van der Waals surface area contributed by atoms with Gasteiger partial charge in [-0.15, -0.1) is 0 Å². The van der Waals surface area contributed by atoms with Crippen LogP contribution in [0.5, 0.6) is 0 Å². The summed E-state index contributed by atoms with van der Waals surface area (Å²) in [5.41, 5.74) is 2.06. The fraction of sp³-hybridized carbons (Fsp3) is 0.438. The molecule has 0 bridgehead atoms. The highest BCUT2D eigenvalue weighted by molar-refractivity contribution is 5.94. The summed E-state index contributed by atoms with van der Waals surface area (Å²) in [6.45, 7) is 5.44. The van der Waals surface area contributed by atoms with Crippen LogP contribution in [0.1, 0.15) is 41.5 Å². The van der Waals surface area contributed by atoms with Crippen molar-refractivity contribution in [3.8, 4) is 0 Å². The molecule has 2 aromatic heterocycles. The Morgan fingerprint density at radius 1 is 1.43 bits per heavy atom. The lowest BCUT2D eigenvalue weighted by Gasteiger charge is -2.31. The maximum atomic E-state index is 12.6. The number of ether oxygens (including phenoxy) is 1. The zero-order chi connectivity index (χ0) is 16.4. The van der Waals surface area contributed by atoms with E-state index in [1.54, 1.807) is 24.2 Å². The van der Waals surface area contributed by atoms with Gasteiger partial charge in [0.05, 0.1) is 42.7 Å². The van der Waals surface area contributed by atoms with E-state index in [1.807, 2.05) is 11.5 Å². The van der Waals surface area contributed by atoms with E-state index in [9.17, 15) is 9.59 Å². The summed E-state index contributed by atoms with van der Waals surface area (Å²) in [7, 11) is 0. The fourth-order valence-electron chi connectivity index (χ4n) is 2.91. The third kappa shape index (κ3) is 2.74. The number of imidazole rings is 1. The van der Waals surface area contributed by atoms with E-state index in [2.05, 4.69) is 4.98 Å². The molecule has 1 aliphatic heterocycles. The van der Waals surface area contributed by atoms with Gasteiger partial charge in [-0.3, -0.25) is 9.59 Å². The second kappa shape index (κ2) is 6.28. The van der Waals surface area contributed by atoms with Gasteiger partial charge in [0.1, 0.15) is 12.2 Å². The molecule has 7 heteroatoms. The van der Waals surface area contributed by atoms with Gasteiger partial charge < -0.3 is 18.6 Å². The Hall–Kier alpha value is -2.57. The molecule has 1 atom stereocenters. The van der Waals surface area contributed by atoms with Crippen molar-refractivity contribution in [2.24, 2.45) is 0 Å². The number of fused-ring (bicyclic) bond motifs is 1. The normalized spacial score (nSPS) is 17.0. The second-order valence-electron chi connectivity index (χ2n) is 5.36. The SMILES string of the molecule is CCOC(=O)[C@H]1CN(C(=O)c2ccoc2)Cc2ncn(CC)c21. The average Bonchev–Trinajstić information content (AvgIpc) is 3.22. The van der Waals surface area contributed by atoms with Gasteiger partial charge in [0.25, 0.3) is 5.91 Å². The first-order valence-corrected chi connectivity index (χ1v) is 7.67. The molecule has 23 heavy (non-hydrogen) atoms. The molecule has 0 spiro atoms. The summed E-state index contributed by atoms with van der Waals surface area (Å²) in [5.74, 6) is -1.02. The maximum Gasteiger partial charge on any atom is 0.316 e. The van der Waals surface area contributed by atoms with E-state index < -0.39 is 5.92 Å². The Balaban J connectivity index is 1.93. The largest absolute Gasteiger partial charge is 0.472 e. The number of carbonyl (C=O) groups is 2. The van der Waals surface area contributed by atoms with Crippen molar-refractivity contribution in [1.29, 1.82) is 0 Å². The van der Waals surface area contributed by atoms with Crippen LogP contribution in [0.2, 0.25) is 0 Å². The summed E-state index contributed by atoms with van der Waals surface area (Å²) in [4.78, 5) is 30.9. The Morgan fingerprint density at radius 2 is 2.26 bits per heavy atom. The van der Waals surface area contributed by atoms with Crippen molar-refractivity contribution in [3.63, 3.8) is 0 Å². The van der Waals surface area contributed by atoms with Gasteiger partial charge >= 0.3 is 5.97 Å². The number of hydrogen-bond donors (Lipinski definition) is 0. The van der Waals surface area contributed by atoms with Gasteiger partial charge in [-0.25, -0.2) is 4.98 Å². The fourth-order valence-corrected chi connectivity index (χ4v) is 2.91. The number of rotatable bonds is 4. The van der Waals surface area contributed by atoms with Gasteiger partial charge in [-0.05, 0) is 19.9 Å². The lowest BCUT2D eigenvalue weighted by Crippen LogP contribution is -2.41. The first kappa shape index (κ1) is 15.3. The van der Waals surface area contributed by atoms with Gasteiger partial charge in [-0.2, -0.15) is 0 Å². The monoisotopic (exact) mass is 317 g/mol. The van der Waals surface area contributed by atoms with Crippen LogP contribution in [0.3, 0.4) is 0 Å². The molecule has 0 radical (unpaired) electrons. The molecule has 0 aliphatic carbocycles. The summed E-state index contributed by atoms with van der Waals surface area (Å²) in [6, 6.07) is 1.61. The highest BCUT2D eigenvalue weighted by Crippen LogP contribution is 2.30. The number of nitrogens with zero attached hydrogens (tertiary/aromatic N) is 3. The first-order chi connectivity index (χ1) is 11.2. The Labute approximate surface area is 133 Å². The van der Waals surface area contributed by atoms with E-state index >= 15 is 0 Å². The third-order valence-corrected chi connectivity index (χ3v) is 4.00. The Kier molecular flexibility index (Phi) is 4.18. The van der Waals surface area contributed by atoms with Crippen LogP contribution in [0, 0.1) is 0 Å². The number of aryl methyl sites for hydroxylation is 1. The maximum absolute atomic E-state index is 12.6. The van der Waals surface area contributed by atoms with Crippen LogP contribution in [0.4, 0.5) is 0 Å². The molecule has 0 saturated heterocycles. The van der Waals surface area contributed by atoms with Crippen LogP contribution in [-0.2, 0) is 22.6 Å². The lowest BCUT2D eigenvalue weighted by atomic mass is 9.97. The molecule has 0 fully saturated rings. The van der Waals surface area contributed by atoms with Gasteiger partial charge in [0.2, 0.25) is 0 Å². The Morgan fingerprint density at radius 3 is 2.91 bits per heavy atom. The van der Waals surface area contributed by atoms with Crippen molar-refractivity contribution in [1.82, 2.24) is 14.5 Å². The summed E-state index contributed by atoms with van der Waals surface area (Å²) in [6.07, 6.45) is 4.57. The molecule has 0 saturated carbocycles. The zero-order valence-corrected chi connectivity index (χ0v) is 13.2. The molecular formula is C16H19N3O4. The van der Waals surface area contributed by atoms with Crippen LogP contribution >= 0.6 is 0 Å². The molecule has 2 aromatic rings. The predicted octanol–water partition coefficient (Wildman–Crippen LogP) is 1.80. The van der Waals surface area contributed by atoms with E-state index in [-0.39, 0.29) is 18.4 Å². The smallest absolute Gasteiger partial charge is 0.316 e. The first-order valence-electron chi connectivity index (χ1n) is 7.67. The predicted molar refractivity (Wildman–Crippen MR) is 80.7 cm³/mol. The lowest BCUT2D eigenvalue weighted by molar-refractivity contribution is -0.145. The van der Waals surface area contributed by atoms with Crippen LogP contribution < -0.4 is 0 Å². The van der Waals surface area contributed by atoms with Crippen molar-refractivity contribution >= 4 is 11.9 Å². The minimum absolute atomic E-state index is 0.176. The molecule has 0 unspecified atom stereocenters. The number of aromatic nitrogens is 2.